The molecule has 186 valence electrons. The van der Waals surface area contributed by atoms with Crippen molar-refractivity contribution in [3.63, 3.8) is 0 Å². The fourth-order valence-electron chi connectivity index (χ4n) is 3.54. The molecule has 0 fully saturated rings. The lowest BCUT2D eigenvalue weighted by molar-refractivity contribution is 0.240. The van der Waals surface area contributed by atoms with Crippen molar-refractivity contribution < 1.29 is 9.59 Å². The van der Waals surface area contributed by atoms with Crippen LogP contribution in [0.15, 0.2) is 48.8 Å². The fraction of sp³-hybridized carbons (Fsp3) is 0.538. The number of pyridine rings is 2. The summed E-state index contributed by atoms with van der Waals surface area (Å²) in [6.45, 7) is 2.61. The molecule has 8 nitrogen and oxygen atoms in total. The van der Waals surface area contributed by atoms with Gasteiger partial charge in [-0.25, -0.2) is 9.59 Å². The Bertz CT molecular complexity index is 721. The monoisotopic (exact) mass is 468 g/mol. The summed E-state index contributed by atoms with van der Waals surface area (Å²) >= 11 is 0. The van der Waals surface area contributed by atoms with E-state index in [9.17, 15) is 9.59 Å². The lowest BCUT2D eigenvalue weighted by Crippen LogP contribution is -2.37. The van der Waals surface area contributed by atoms with E-state index in [1.54, 1.807) is 12.4 Å². The SMILES string of the molecule is O=C(NCCCCCCCCCCNC(=O)NCCc1ccccn1)NCCc1ccccn1. The predicted octanol–water partition coefficient (Wildman–Crippen LogP) is 3.98. The second-order valence-corrected chi connectivity index (χ2v) is 8.34. The number of nitrogens with zero attached hydrogens (tertiary/aromatic N) is 2. The lowest BCUT2D eigenvalue weighted by Gasteiger charge is -2.08. The zero-order chi connectivity index (χ0) is 24.1. The first-order chi connectivity index (χ1) is 16.7. The van der Waals surface area contributed by atoms with E-state index in [0.29, 0.717) is 26.2 Å². The molecule has 0 atom stereocenters. The highest BCUT2D eigenvalue weighted by molar-refractivity contribution is 5.74. The lowest BCUT2D eigenvalue weighted by atomic mass is 10.1. The number of unbranched alkanes of at least 4 members (excludes halogenated alkanes) is 7. The number of amides is 4. The van der Waals surface area contributed by atoms with Crippen LogP contribution in [0, 0.1) is 0 Å². The van der Waals surface area contributed by atoms with Gasteiger partial charge in [-0.05, 0) is 37.1 Å². The van der Waals surface area contributed by atoms with Crippen molar-refractivity contribution in [2.45, 2.75) is 64.2 Å². The minimum absolute atomic E-state index is 0.105. The van der Waals surface area contributed by atoms with E-state index < -0.39 is 0 Å². The van der Waals surface area contributed by atoms with Gasteiger partial charge in [-0.15, -0.1) is 0 Å². The van der Waals surface area contributed by atoms with Gasteiger partial charge < -0.3 is 21.3 Å². The van der Waals surface area contributed by atoms with E-state index in [1.807, 2.05) is 36.4 Å². The first-order valence-corrected chi connectivity index (χ1v) is 12.6. The molecule has 0 aliphatic carbocycles. The normalized spacial score (nSPS) is 10.5. The van der Waals surface area contributed by atoms with Crippen molar-refractivity contribution >= 4 is 12.1 Å². The number of aromatic nitrogens is 2. The Labute approximate surface area is 203 Å². The van der Waals surface area contributed by atoms with E-state index in [1.165, 1.54) is 25.7 Å². The van der Waals surface area contributed by atoms with Crippen LogP contribution in [0.5, 0.6) is 0 Å². The first-order valence-electron chi connectivity index (χ1n) is 12.6. The minimum Gasteiger partial charge on any atom is -0.338 e. The third-order valence-electron chi connectivity index (χ3n) is 5.46. The molecule has 0 bridgehead atoms. The molecule has 0 saturated heterocycles. The molecule has 0 aliphatic rings. The summed E-state index contributed by atoms with van der Waals surface area (Å²) in [4.78, 5) is 32.0. The summed E-state index contributed by atoms with van der Waals surface area (Å²) in [5, 5.41) is 11.6. The number of urea groups is 2. The zero-order valence-corrected chi connectivity index (χ0v) is 20.2. The summed E-state index contributed by atoms with van der Waals surface area (Å²) < 4.78 is 0. The summed E-state index contributed by atoms with van der Waals surface area (Å²) in [5.74, 6) is 0. The fourth-order valence-corrected chi connectivity index (χ4v) is 3.54. The highest BCUT2D eigenvalue weighted by Gasteiger charge is 2.01. The Balaban J connectivity index is 1.29. The molecule has 2 heterocycles. The standard InChI is InChI=1S/C26H40N6O2/c33-25(31-21-15-23-13-7-11-17-27-23)29-19-9-5-3-1-2-4-6-10-20-30-26(34)32-22-16-24-14-8-12-18-28-24/h7-8,11-14,17-18H,1-6,9-10,15-16,19-22H2,(H2,29,31,33)(H2,30,32,34). The van der Waals surface area contributed by atoms with Crippen LogP contribution in [0.25, 0.3) is 0 Å². The summed E-state index contributed by atoms with van der Waals surface area (Å²) in [6, 6.07) is 11.4. The molecule has 4 amide bonds. The van der Waals surface area contributed by atoms with Gasteiger partial charge in [-0.3, -0.25) is 9.97 Å². The van der Waals surface area contributed by atoms with Gasteiger partial charge in [0.25, 0.3) is 0 Å². The van der Waals surface area contributed by atoms with E-state index in [2.05, 4.69) is 31.2 Å². The van der Waals surface area contributed by atoms with Crippen LogP contribution in [-0.2, 0) is 12.8 Å². The van der Waals surface area contributed by atoms with Crippen molar-refractivity contribution in [3.8, 4) is 0 Å². The van der Waals surface area contributed by atoms with Crippen LogP contribution in [-0.4, -0.2) is 48.2 Å². The Morgan fingerprint density at radius 1 is 0.529 bits per heavy atom. The van der Waals surface area contributed by atoms with Crippen molar-refractivity contribution in [1.29, 1.82) is 0 Å². The molecule has 0 unspecified atom stereocenters. The van der Waals surface area contributed by atoms with Crippen LogP contribution in [0.4, 0.5) is 9.59 Å². The van der Waals surface area contributed by atoms with Gasteiger partial charge in [0.05, 0.1) is 0 Å². The first kappa shape index (κ1) is 27.1. The number of carbonyl (C=O) groups is 2. The largest absolute Gasteiger partial charge is 0.338 e. The van der Waals surface area contributed by atoms with Gasteiger partial charge >= 0.3 is 12.1 Å². The molecule has 0 spiro atoms. The average molecular weight is 469 g/mol. The zero-order valence-electron chi connectivity index (χ0n) is 20.2. The number of nitrogens with one attached hydrogen (secondary N) is 4. The van der Waals surface area contributed by atoms with Crippen LogP contribution >= 0.6 is 0 Å². The highest BCUT2D eigenvalue weighted by atomic mass is 16.2. The Kier molecular flexibility index (Phi) is 14.6. The minimum atomic E-state index is -0.105. The molecular weight excluding hydrogens is 428 g/mol. The quantitative estimate of drug-likeness (QED) is 0.263. The van der Waals surface area contributed by atoms with Crippen LogP contribution in [0.3, 0.4) is 0 Å². The molecule has 8 heteroatoms. The molecular formula is C26H40N6O2. The van der Waals surface area contributed by atoms with Crippen LogP contribution in [0.2, 0.25) is 0 Å². The molecule has 0 aromatic carbocycles. The topological polar surface area (TPSA) is 108 Å². The van der Waals surface area contributed by atoms with Crippen molar-refractivity contribution in [2.75, 3.05) is 26.2 Å². The molecule has 2 rings (SSSR count). The summed E-state index contributed by atoms with van der Waals surface area (Å²) in [6.07, 6.45) is 14.1. The molecule has 0 aliphatic heterocycles. The van der Waals surface area contributed by atoms with Crippen LogP contribution < -0.4 is 21.3 Å². The van der Waals surface area contributed by atoms with E-state index in [-0.39, 0.29) is 12.1 Å². The summed E-state index contributed by atoms with van der Waals surface area (Å²) in [5.41, 5.74) is 1.97. The molecule has 2 aromatic rings. The van der Waals surface area contributed by atoms with Gasteiger partial charge in [0.15, 0.2) is 0 Å². The number of hydrogen-bond donors (Lipinski definition) is 4. The van der Waals surface area contributed by atoms with E-state index >= 15 is 0 Å². The van der Waals surface area contributed by atoms with Gasteiger partial charge in [-0.1, -0.05) is 50.7 Å². The Morgan fingerprint density at radius 2 is 0.912 bits per heavy atom. The third-order valence-corrected chi connectivity index (χ3v) is 5.46. The van der Waals surface area contributed by atoms with Gasteiger partial charge in [0.2, 0.25) is 0 Å². The maximum atomic E-state index is 11.8. The third kappa shape index (κ3) is 14.1. The average Bonchev–Trinajstić information content (AvgIpc) is 2.86. The van der Waals surface area contributed by atoms with Crippen molar-refractivity contribution in [1.82, 2.24) is 31.2 Å². The number of rotatable bonds is 17. The second kappa shape index (κ2) is 18.3. The van der Waals surface area contributed by atoms with Crippen molar-refractivity contribution in [3.05, 3.63) is 60.2 Å². The Morgan fingerprint density at radius 3 is 1.29 bits per heavy atom. The molecule has 2 aromatic heterocycles. The second-order valence-electron chi connectivity index (χ2n) is 8.34. The highest BCUT2D eigenvalue weighted by Crippen LogP contribution is 2.08. The van der Waals surface area contributed by atoms with Gasteiger partial charge in [-0.2, -0.15) is 0 Å². The smallest absolute Gasteiger partial charge is 0.314 e. The molecule has 0 saturated carbocycles. The van der Waals surface area contributed by atoms with Gasteiger partial charge in [0, 0.05) is 62.8 Å². The van der Waals surface area contributed by atoms with Crippen LogP contribution in [0.1, 0.15) is 62.8 Å². The number of hydrogen-bond acceptors (Lipinski definition) is 4. The van der Waals surface area contributed by atoms with Crippen molar-refractivity contribution in [2.24, 2.45) is 0 Å². The Hall–Kier alpha value is -3.16. The van der Waals surface area contributed by atoms with Gasteiger partial charge in [0.1, 0.15) is 0 Å². The maximum absolute atomic E-state index is 11.8. The maximum Gasteiger partial charge on any atom is 0.314 e. The number of carbonyl (C=O) groups excluding carboxylic acids is 2. The van der Waals surface area contributed by atoms with E-state index in [4.69, 9.17) is 0 Å². The molecule has 0 radical (unpaired) electrons. The predicted molar refractivity (Wildman–Crippen MR) is 136 cm³/mol. The molecule has 34 heavy (non-hydrogen) atoms. The molecule has 4 N–H and O–H groups in total. The summed E-state index contributed by atoms with van der Waals surface area (Å²) in [7, 11) is 0. The van der Waals surface area contributed by atoms with E-state index in [0.717, 1.165) is 49.9 Å².